The van der Waals surface area contributed by atoms with Gasteiger partial charge in [-0.1, -0.05) is 6.08 Å². The number of allylic oxidation sites excluding steroid dienone is 1. The van der Waals surface area contributed by atoms with Gasteiger partial charge in [0.05, 0.1) is 40.1 Å². The van der Waals surface area contributed by atoms with Crippen molar-refractivity contribution in [2.45, 2.75) is 20.3 Å². The molecule has 2 heteroatoms. The molecule has 0 N–H and O–H groups in total. The second kappa shape index (κ2) is 6.06. The summed E-state index contributed by atoms with van der Waals surface area (Å²) in [6.45, 7) is 7.39. The van der Waals surface area contributed by atoms with Gasteiger partial charge in [-0.3, -0.25) is 0 Å². The van der Waals surface area contributed by atoms with Crippen LogP contribution in [0.2, 0.25) is 0 Å². The van der Waals surface area contributed by atoms with Gasteiger partial charge in [-0.2, -0.15) is 0 Å². The molecule has 0 spiro atoms. The normalized spacial score (nSPS) is 12.3. The summed E-state index contributed by atoms with van der Waals surface area (Å²) in [6, 6.07) is 0. The van der Waals surface area contributed by atoms with Crippen LogP contribution in [0.4, 0.5) is 0 Å². The molecule has 0 aliphatic rings. The second-order valence-electron chi connectivity index (χ2n) is 3.67. The summed E-state index contributed by atoms with van der Waals surface area (Å²) in [7, 11) is 4.49. The summed E-state index contributed by atoms with van der Waals surface area (Å²) in [5, 5.41) is 0. The number of quaternary nitrogens is 1. The van der Waals surface area contributed by atoms with E-state index in [0.717, 1.165) is 17.5 Å². The van der Waals surface area contributed by atoms with Crippen LogP contribution in [0.25, 0.3) is 0 Å². The van der Waals surface area contributed by atoms with Crippen molar-refractivity contribution in [2.24, 2.45) is 0 Å². The van der Waals surface area contributed by atoms with Crippen molar-refractivity contribution < 1.29 is 9.22 Å². The zero-order valence-corrected chi connectivity index (χ0v) is 8.84. The van der Waals surface area contributed by atoms with Crippen LogP contribution in [-0.4, -0.2) is 38.3 Å². The number of hydrogen-bond donors (Lipinski definition) is 0. The molecule has 0 rings (SSSR count). The molecule has 0 aliphatic carbocycles. The minimum atomic E-state index is 0.839. The lowest BCUT2D eigenvalue weighted by atomic mass is 10.3. The molecule has 0 saturated carbocycles. The van der Waals surface area contributed by atoms with E-state index in [2.05, 4.69) is 21.0 Å². The van der Waals surface area contributed by atoms with Crippen LogP contribution in [0.15, 0.2) is 12.3 Å². The van der Waals surface area contributed by atoms with Crippen LogP contribution in [0.3, 0.4) is 0 Å². The van der Waals surface area contributed by atoms with E-state index >= 15 is 0 Å². The van der Waals surface area contributed by atoms with E-state index in [9.17, 15) is 0 Å². The molecule has 0 atom stereocenters. The smallest absolute Gasteiger partial charge is 0.0926 e. The topological polar surface area (TPSA) is 9.23 Å². The highest BCUT2D eigenvalue weighted by Crippen LogP contribution is 1.98. The molecule has 0 heterocycles. The van der Waals surface area contributed by atoms with Gasteiger partial charge in [-0.25, -0.2) is 0 Å². The van der Waals surface area contributed by atoms with Gasteiger partial charge in [-0.05, 0) is 13.8 Å². The fourth-order valence-corrected chi connectivity index (χ4v) is 0.898. The summed E-state index contributed by atoms with van der Waals surface area (Å²) in [5.74, 6) is 0. The largest absolute Gasteiger partial charge is 0.501 e. The van der Waals surface area contributed by atoms with E-state index in [0.29, 0.717) is 0 Å². The lowest BCUT2D eigenvalue weighted by Crippen LogP contribution is -2.40. The lowest BCUT2D eigenvalue weighted by Gasteiger charge is -2.27. The van der Waals surface area contributed by atoms with Crippen LogP contribution in [0, 0.1) is 0 Å². The minimum Gasteiger partial charge on any atom is -0.501 e. The number of rotatable bonds is 6. The van der Waals surface area contributed by atoms with Crippen LogP contribution in [-0.2, 0) is 4.74 Å². The fourth-order valence-electron chi connectivity index (χ4n) is 0.898. The first-order valence-corrected chi connectivity index (χ1v) is 4.67. The molecule has 0 fully saturated rings. The molecule has 0 unspecified atom stereocenters. The first-order chi connectivity index (χ1) is 5.62. The molecule has 2 nitrogen and oxygen atoms in total. The molecule has 0 amide bonds. The summed E-state index contributed by atoms with van der Waals surface area (Å²) >= 11 is 0. The summed E-state index contributed by atoms with van der Waals surface area (Å²) < 4.78 is 6.31. The zero-order valence-electron chi connectivity index (χ0n) is 8.84. The van der Waals surface area contributed by atoms with Gasteiger partial charge in [0.1, 0.15) is 0 Å². The maximum absolute atomic E-state index is 5.23. The van der Waals surface area contributed by atoms with Crippen molar-refractivity contribution in [1.82, 2.24) is 0 Å². The molecule has 12 heavy (non-hydrogen) atoms. The summed E-state index contributed by atoms with van der Waals surface area (Å²) in [4.78, 5) is 0. The predicted octanol–water partition coefficient (Wildman–Crippen LogP) is 2.02. The quantitative estimate of drug-likeness (QED) is 0.338. The van der Waals surface area contributed by atoms with Gasteiger partial charge in [0.15, 0.2) is 0 Å². The SMILES string of the molecule is CC=COCCC[N+](C)(C)CC. The Kier molecular flexibility index (Phi) is 5.81. The third-order valence-corrected chi connectivity index (χ3v) is 2.11. The monoisotopic (exact) mass is 172 g/mol. The second-order valence-corrected chi connectivity index (χ2v) is 3.67. The van der Waals surface area contributed by atoms with Crippen molar-refractivity contribution in [3.63, 3.8) is 0 Å². The van der Waals surface area contributed by atoms with Gasteiger partial charge >= 0.3 is 0 Å². The molecule has 0 aromatic heterocycles. The Labute approximate surface area is 76.4 Å². The van der Waals surface area contributed by atoms with Crippen molar-refractivity contribution in [3.05, 3.63) is 12.3 Å². The van der Waals surface area contributed by atoms with Gasteiger partial charge < -0.3 is 9.22 Å². The average molecular weight is 172 g/mol. The van der Waals surface area contributed by atoms with E-state index in [-0.39, 0.29) is 0 Å². The zero-order chi connectivity index (χ0) is 9.45. The Morgan fingerprint density at radius 2 is 2.00 bits per heavy atom. The highest BCUT2D eigenvalue weighted by molar-refractivity contribution is 4.64. The van der Waals surface area contributed by atoms with Crippen LogP contribution in [0.5, 0.6) is 0 Å². The van der Waals surface area contributed by atoms with Crippen LogP contribution < -0.4 is 0 Å². The van der Waals surface area contributed by atoms with Gasteiger partial charge in [0, 0.05) is 6.42 Å². The average Bonchev–Trinajstić information content (AvgIpc) is 2.04. The number of ether oxygens (including phenoxy) is 1. The van der Waals surface area contributed by atoms with Crippen LogP contribution >= 0.6 is 0 Å². The first-order valence-electron chi connectivity index (χ1n) is 4.67. The Morgan fingerprint density at radius 1 is 1.33 bits per heavy atom. The van der Waals surface area contributed by atoms with E-state index in [1.807, 2.05) is 13.0 Å². The van der Waals surface area contributed by atoms with Crippen LogP contribution in [0.1, 0.15) is 20.3 Å². The highest BCUT2D eigenvalue weighted by Gasteiger charge is 2.09. The molecule has 0 radical (unpaired) electrons. The summed E-state index contributed by atoms with van der Waals surface area (Å²) in [6.07, 6.45) is 4.80. The van der Waals surface area contributed by atoms with Gasteiger partial charge in [0.25, 0.3) is 0 Å². The van der Waals surface area contributed by atoms with Gasteiger partial charge in [0.2, 0.25) is 0 Å². The van der Waals surface area contributed by atoms with Gasteiger partial charge in [-0.15, -0.1) is 0 Å². The first kappa shape index (κ1) is 11.5. The standard InChI is InChI=1S/C10H22NO/c1-5-9-12-10-7-8-11(3,4)6-2/h5,9H,6-8,10H2,1-4H3/q+1. The van der Waals surface area contributed by atoms with Crippen molar-refractivity contribution in [3.8, 4) is 0 Å². The Morgan fingerprint density at radius 3 is 2.50 bits per heavy atom. The molecular weight excluding hydrogens is 150 g/mol. The third-order valence-electron chi connectivity index (χ3n) is 2.11. The van der Waals surface area contributed by atoms with E-state index in [1.54, 1.807) is 6.26 Å². The Bertz CT molecular complexity index is 130. The Balaban J connectivity index is 3.30. The molecular formula is C10H22NO+. The number of hydrogen-bond acceptors (Lipinski definition) is 1. The number of nitrogens with zero attached hydrogens (tertiary/aromatic N) is 1. The maximum atomic E-state index is 5.23. The maximum Gasteiger partial charge on any atom is 0.0926 e. The molecule has 0 aromatic rings. The summed E-state index contributed by atoms with van der Waals surface area (Å²) in [5.41, 5.74) is 0. The predicted molar refractivity (Wildman–Crippen MR) is 52.9 cm³/mol. The molecule has 72 valence electrons. The van der Waals surface area contributed by atoms with E-state index < -0.39 is 0 Å². The highest BCUT2D eigenvalue weighted by atomic mass is 16.5. The molecule has 0 aromatic carbocycles. The minimum absolute atomic E-state index is 0.839. The lowest BCUT2D eigenvalue weighted by molar-refractivity contribution is -0.888. The molecule has 0 saturated heterocycles. The molecule has 0 bridgehead atoms. The molecule has 0 aliphatic heterocycles. The van der Waals surface area contributed by atoms with E-state index in [4.69, 9.17) is 4.74 Å². The van der Waals surface area contributed by atoms with E-state index in [1.165, 1.54) is 13.1 Å². The Hall–Kier alpha value is -0.500. The fraction of sp³-hybridized carbons (Fsp3) is 0.800. The third kappa shape index (κ3) is 6.23. The van der Waals surface area contributed by atoms with Crippen molar-refractivity contribution in [2.75, 3.05) is 33.8 Å². The van der Waals surface area contributed by atoms with Crippen molar-refractivity contribution in [1.29, 1.82) is 0 Å². The van der Waals surface area contributed by atoms with Crippen molar-refractivity contribution >= 4 is 0 Å².